The first-order valence-corrected chi connectivity index (χ1v) is 6.73. The Balaban J connectivity index is 2.82. The first-order chi connectivity index (χ1) is 9.26. The second-order valence-corrected chi connectivity index (χ2v) is 5.88. The van der Waals surface area contributed by atoms with Crippen LogP contribution in [0.5, 0.6) is 11.5 Å². The number of carbonyl (C=O) groups is 2. The van der Waals surface area contributed by atoms with Gasteiger partial charge in [-0.3, -0.25) is 4.79 Å². The highest BCUT2D eigenvalue weighted by molar-refractivity contribution is 9.10. The lowest BCUT2D eigenvalue weighted by atomic mass is 10.2. The average molecular weight is 345 g/mol. The zero-order valence-corrected chi connectivity index (χ0v) is 13.4. The van der Waals surface area contributed by atoms with Crippen LogP contribution >= 0.6 is 15.9 Å². The predicted octanol–water partition coefficient (Wildman–Crippen LogP) is 2.99. The van der Waals surface area contributed by atoms with E-state index in [9.17, 15) is 9.59 Å². The molecule has 0 heterocycles. The van der Waals surface area contributed by atoms with Gasteiger partial charge in [0.2, 0.25) is 0 Å². The number of halogens is 1. The molecule has 0 N–H and O–H groups in total. The van der Waals surface area contributed by atoms with Gasteiger partial charge in [-0.25, -0.2) is 4.79 Å². The van der Waals surface area contributed by atoms with Gasteiger partial charge in [-0.2, -0.15) is 0 Å². The molecule has 0 unspecified atom stereocenters. The Hall–Kier alpha value is -1.56. The second kappa shape index (κ2) is 6.74. The molecule has 0 amide bonds. The molecule has 6 heteroatoms. The zero-order valence-electron chi connectivity index (χ0n) is 11.9. The number of benzene rings is 1. The molecule has 0 bridgehead atoms. The number of ether oxygens (including phenoxy) is 3. The van der Waals surface area contributed by atoms with Gasteiger partial charge in [0.1, 0.15) is 11.9 Å². The molecule has 0 aliphatic heterocycles. The molecule has 0 spiro atoms. The summed E-state index contributed by atoms with van der Waals surface area (Å²) in [6.07, 6.45) is 0.699. The molecular formula is C14H17BrO5. The predicted molar refractivity (Wildman–Crippen MR) is 77.4 cm³/mol. The summed E-state index contributed by atoms with van der Waals surface area (Å²) >= 11 is 3.28. The van der Waals surface area contributed by atoms with Gasteiger partial charge in [-0.15, -0.1) is 0 Å². The molecule has 110 valence electrons. The van der Waals surface area contributed by atoms with Crippen LogP contribution in [0.15, 0.2) is 16.6 Å². The number of esters is 1. The lowest BCUT2D eigenvalue weighted by Gasteiger charge is -2.20. The van der Waals surface area contributed by atoms with Crippen LogP contribution in [0.2, 0.25) is 0 Å². The monoisotopic (exact) mass is 344 g/mol. The molecule has 1 aromatic rings. The minimum atomic E-state index is -0.566. The molecule has 0 aromatic heterocycles. The van der Waals surface area contributed by atoms with E-state index in [4.69, 9.17) is 14.2 Å². The summed E-state index contributed by atoms with van der Waals surface area (Å²) in [5.74, 6) is 0.236. The van der Waals surface area contributed by atoms with E-state index < -0.39 is 11.6 Å². The molecule has 0 fully saturated rings. The Morgan fingerprint density at radius 2 is 2.00 bits per heavy atom. The van der Waals surface area contributed by atoms with Gasteiger partial charge in [0.25, 0.3) is 0 Å². The lowest BCUT2D eigenvalue weighted by molar-refractivity contribution is -0.157. The average Bonchev–Trinajstić information content (AvgIpc) is 2.34. The van der Waals surface area contributed by atoms with E-state index >= 15 is 0 Å². The van der Waals surface area contributed by atoms with E-state index in [2.05, 4.69) is 15.9 Å². The molecule has 1 aromatic carbocycles. The zero-order chi connectivity index (χ0) is 15.3. The van der Waals surface area contributed by atoms with Crippen LogP contribution < -0.4 is 9.47 Å². The van der Waals surface area contributed by atoms with Crippen molar-refractivity contribution >= 4 is 28.2 Å². The minimum absolute atomic E-state index is 0.243. The van der Waals surface area contributed by atoms with E-state index in [1.807, 2.05) is 0 Å². The van der Waals surface area contributed by atoms with E-state index in [1.165, 1.54) is 13.2 Å². The molecule has 0 saturated carbocycles. The number of rotatable bonds is 5. The van der Waals surface area contributed by atoms with Gasteiger partial charge in [-0.05, 0) is 48.8 Å². The van der Waals surface area contributed by atoms with Gasteiger partial charge >= 0.3 is 5.97 Å². The van der Waals surface area contributed by atoms with Gasteiger partial charge < -0.3 is 14.2 Å². The molecule has 20 heavy (non-hydrogen) atoms. The Morgan fingerprint density at radius 1 is 1.35 bits per heavy atom. The summed E-state index contributed by atoms with van der Waals surface area (Å²) in [6, 6.07) is 3.11. The maximum Gasteiger partial charge on any atom is 0.344 e. The van der Waals surface area contributed by atoms with E-state index in [-0.39, 0.29) is 6.61 Å². The first kappa shape index (κ1) is 16.5. The van der Waals surface area contributed by atoms with Crippen molar-refractivity contribution in [1.82, 2.24) is 0 Å². The second-order valence-electron chi connectivity index (χ2n) is 5.03. The molecule has 5 nitrogen and oxygen atoms in total. The van der Waals surface area contributed by atoms with Crippen molar-refractivity contribution in [3.8, 4) is 11.5 Å². The molecule has 0 aliphatic rings. The molecule has 1 rings (SSSR count). The Morgan fingerprint density at radius 3 is 2.50 bits per heavy atom. The van der Waals surface area contributed by atoms with Crippen LogP contribution in [-0.4, -0.2) is 31.6 Å². The number of hydrogen-bond donors (Lipinski definition) is 0. The number of carbonyl (C=O) groups excluding carboxylic acids is 2. The van der Waals surface area contributed by atoms with Crippen LogP contribution in [0.1, 0.15) is 31.1 Å². The normalized spacial score (nSPS) is 10.8. The van der Waals surface area contributed by atoms with Crippen molar-refractivity contribution in [3.63, 3.8) is 0 Å². The third-order valence-corrected chi connectivity index (χ3v) is 2.73. The minimum Gasteiger partial charge on any atom is -0.493 e. The number of hydrogen-bond acceptors (Lipinski definition) is 5. The van der Waals surface area contributed by atoms with E-state index in [0.29, 0.717) is 27.8 Å². The highest BCUT2D eigenvalue weighted by Gasteiger charge is 2.18. The van der Waals surface area contributed by atoms with Crippen molar-refractivity contribution < 1.29 is 23.8 Å². The first-order valence-electron chi connectivity index (χ1n) is 5.94. The Kier molecular flexibility index (Phi) is 5.56. The molecular weight excluding hydrogens is 328 g/mol. The Bertz CT molecular complexity index is 505. The SMILES string of the molecule is COc1cc(C=O)cc(Br)c1OCC(=O)OC(C)(C)C. The van der Waals surface area contributed by atoms with Gasteiger partial charge in [0, 0.05) is 5.56 Å². The maximum atomic E-state index is 11.6. The summed E-state index contributed by atoms with van der Waals surface area (Å²) < 4.78 is 16.2. The van der Waals surface area contributed by atoms with Crippen LogP contribution in [0.4, 0.5) is 0 Å². The molecule has 0 aliphatic carbocycles. The largest absolute Gasteiger partial charge is 0.493 e. The summed E-state index contributed by atoms with van der Waals surface area (Å²) in [7, 11) is 1.46. The highest BCUT2D eigenvalue weighted by atomic mass is 79.9. The van der Waals surface area contributed by atoms with Gasteiger partial charge in [0.05, 0.1) is 11.6 Å². The smallest absolute Gasteiger partial charge is 0.344 e. The summed E-state index contributed by atoms with van der Waals surface area (Å²) in [4.78, 5) is 22.4. The fourth-order valence-electron chi connectivity index (χ4n) is 1.45. The van der Waals surface area contributed by atoms with Crippen molar-refractivity contribution in [2.45, 2.75) is 26.4 Å². The number of aldehydes is 1. The van der Waals surface area contributed by atoms with Crippen LogP contribution in [0.3, 0.4) is 0 Å². The summed E-state index contributed by atoms with van der Waals surface area (Å²) in [6.45, 7) is 5.09. The quantitative estimate of drug-likeness (QED) is 0.606. The third-order valence-electron chi connectivity index (χ3n) is 2.14. The van der Waals surface area contributed by atoms with Crippen molar-refractivity contribution in [2.24, 2.45) is 0 Å². The summed E-state index contributed by atoms with van der Waals surface area (Å²) in [5.41, 5.74) is -0.123. The van der Waals surface area contributed by atoms with Crippen molar-refractivity contribution in [2.75, 3.05) is 13.7 Å². The standard InChI is InChI=1S/C14H17BrO5/c1-14(2,3)20-12(17)8-19-13-10(15)5-9(7-16)6-11(13)18-4/h5-7H,8H2,1-4H3. The van der Waals surface area contributed by atoms with Gasteiger partial charge in [-0.1, -0.05) is 0 Å². The Labute approximate surface area is 126 Å². The molecule has 0 saturated heterocycles. The van der Waals surface area contributed by atoms with Crippen LogP contribution in [0, 0.1) is 0 Å². The van der Waals surface area contributed by atoms with Crippen LogP contribution in [-0.2, 0) is 9.53 Å². The fraction of sp³-hybridized carbons (Fsp3) is 0.429. The highest BCUT2D eigenvalue weighted by Crippen LogP contribution is 2.36. The summed E-state index contributed by atoms with van der Waals surface area (Å²) in [5, 5.41) is 0. The fourth-order valence-corrected chi connectivity index (χ4v) is 2.02. The van der Waals surface area contributed by atoms with E-state index in [0.717, 1.165) is 0 Å². The van der Waals surface area contributed by atoms with Crippen molar-refractivity contribution in [3.05, 3.63) is 22.2 Å². The number of methoxy groups -OCH3 is 1. The van der Waals surface area contributed by atoms with E-state index in [1.54, 1.807) is 26.8 Å². The molecule has 0 radical (unpaired) electrons. The third kappa shape index (κ3) is 4.85. The van der Waals surface area contributed by atoms with Crippen LogP contribution in [0.25, 0.3) is 0 Å². The molecule has 0 atom stereocenters. The van der Waals surface area contributed by atoms with Crippen molar-refractivity contribution in [1.29, 1.82) is 0 Å². The topological polar surface area (TPSA) is 61.8 Å². The maximum absolute atomic E-state index is 11.6. The lowest BCUT2D eigenvalue weighted by Crippen LogP contribution is -2.27. The van der Waals surface area contributed by atoms with Gasteiger partial charge in [0.15, 0.2) is 18.1 Å².